The molecule has 0 aliphatic heterocycles. The predicted octanol–water partition coefficient (Wildman–Crippen LogP) is 2.50. The SMILES string of the molecule is CNCCCNc1ccc(F)c(Cl)c1. The standard InChI is InChI=1S/C10H14ClFN2/c1-13-5-2-6-14-8-3-4-10(12)9(11)7-8/h3-4,7,13-14H,2,5-6H2,1H3. The van der Waals surface area contributed by atoms with Crippen molar-refractivity contribution in [3.8, 4) is 0 Å². The van der Waals surface area contributed by atoms with Gasteiger partial charge in [-0.15, -0.1) is 0 Å². The Hall–Kier alpha value is -0.800. The summed E-state index contributed by atoms with van der Waals surface area (Å²) in [6.07, 6.45) is 1.02. The van der Waals surface area contributed by atoms with E-state index in [-0.39, 0.29) is 10.8 Å². The second-order valence-electron chi connectivity index (χ2n) is 3.01. The van der Waals surface area contributed by atoms with E-state index in [9.17, 15) is 4.39 Å². The minimum atomic E-state index is -0.382. The minimum Gasteiger partial charge on any atom is -0.385 e. The lowest BCUT2D eigenvalue weighted by molar-refractivity contribution is 0.628. The summed E-state index contributed by atoms with van der Waals surface area (Å²) in [4.78, 5) is 0. The van der Waals surface area contributed by atoms with Gasteiger partial charge in [0.15, 0.2) is 0 Å². The van der Waals surface area contributed by atoms with Crippen LogP contribution < -0.4 is 10.6 Å². The normalized spacial score (nSPS) is 10.2. The highest BCUT2D eigenvalue weighted by Gasteiger charge is 1.99. The summed E-state index contributed by atoms with van der Waals surface area (Å²) >= 11 is 5.63. The zero-order valence-corrected chi connectivity index (χ0v) is 8.87. The molecule has 0 aliphatic carbocycles. The summed E-state index contributed by atoms with van der Waals surface area (Å²) in [6, 6.07) is 4.64. The summed E-state index contributed by atoms with van der Waals surface area (Å²) in [5, 5.41) is 6.36. The lowest BCUT2D eigenvalue weighted by Crippen LogP contribution is -2.12. The largest absolute Gasteiger partial charge is 0.385 e. The Bertz CT molecular complexity index is 291. The summed E-state index contributed by atoms with van der Waals surface area (Å²) in [6.45, 7) is 1.81. The molecule has 0 aliphatic rings. The average molecular weight is 217 g/mol. The first-order chi connectivity index (χ1) is 6.74. The van der Waals surface area contributed by atoms with Crippen LogP contribution in [0.3, 0.4) is 0 Å². The molecule has 0 aromatic heterocycles. The van der Waals surface area contributed by atoms with Crippen LogP contribution in [-0.2, 0) is 0 Å². The maximum absolute atomic E-state index is 12.8. The van der Waals surface area contributed by atoms with E-state index in [4.69, 9.17) is 11.6 Å². The van der Waals surface area contributed by atoms with Crippen LogP contribution in [0.25, 0.3) is 0 Å². The molecular formula is C10H14ClFN2. The number of hydrogen-bond donors (Lipinski definition) is 2. The van der Waals surface area contributed by atoms with Gasteiger partial charge in [0.05, 0.1) is 5.02 Å². The molecule has 0 fully saturated rings. The molecule has 2 N–H and O–H groups in total. The van der Waals surface area contributed by atoms with Gasteiger partial charge in [0.1, 0.15) is 5.82 Å². The first-order valence-corrected chi connectivity index (χ1v) is 4.95. The molecule has 1 rings (SSSR count). The quantitative estimate of drug-likeness (QED) is 0.740. The van der Waals surface area contributed by atoms with E-state index in [1.165, 1.54) is 6.07 Å². The molecule has 0 saturated heterocycles. The van der Waals surface area contributed by atoms with E-state index in [1.807, 2.05) is 7.05 Å². The number of rotatable bonds is 5. The lowest BCUT2D eigenvalue weighted by atomic mass is 10.3. The van der Waals surface area contributed by atoms with Crippen LogP contribution in [0.1, 0.15) is 6.42 Å². The third kappa shape index (κ3) is 3.52. The molecule has 0 atom stereocenters. The molecule has 0 bridgehead atoms. The van der Waals surface area contributed by atoms with Crippen LogP contribution in [-0.4, -0.2) is 20.1 Å². The zero-order chi connectivity index (χ0) is 10.4. The average Bonchev–Trinajstić information content (AvgIpc) is 2.18. The third-order valence-corrected chi connectivity index (χ3v) is 2.14. The Morgan fingerprint density at radius 1 is 1.36 bits per heavy atom. The number of anilines is 1. The molecule has 0 spiro atoms. The Kier molecular flexibility index (Phi) is 4.70. The molecule has 78 valence electrons. The Labute approximate surface area is 88.5 Å². The maximum atomic E-state index is 12.8. The smallest absolute Gasteiger partial charge is 0.141 e. The van der Waals surface area contributed by atoms with Crippen LogP contribution >= 0.6 is 11.6 Å². The van der Waals surface area contributed by atoms with Crippen LogP contribution in [0.4, 0.5) is 10.1 Å². The molecule has 14 heavy (non-hydrogen) atoms. The molecule has 2 nitrogen and oxygen atoms in total. The van der Waals surface area contributed by atoms with Crippen molar-refractivity contribution < 1.29 is 4.39 Å². The first kappa shape index (κ1) is 11.3. The number of benzene rings is 1. The fourth-order valence-electron chi connectivity index (χ4n) is 1.10. The van der Waals surface area contributed by atoms with Gasteiger partial charge in [-0.1, -0.05) is 11.6 Å². The van der Waals surface area contributed by atoms with Crippen molar-refractivity contribution in [1.82, 2.24) is 5.32 Å². The Balaban J connectivity index is 2.39. The monoisotopic (exact) mass is 216 g/mol. The van der Waals surface area contributed by atoms with Gasteiger partial charge in [0.25, 0.3) is 0 Å². The molecule has 1 aromatic rings. The molecule has 0 heterocycles. The van der Waals surface area contributed by atoms with Crippen molar-refractivity contribution in [3.63, 3.8) is 0 Å². The highest BCUT2D eigenvalue weighted by molar-refractivity contribution is 6.31. The van der Waals surface area contributed by atoms with Gasteiger partial charge in [-0.25, -0.2) is 4.39 Å². The molecule has 0 amide bonds. The lowest BCUT2D eigenvalue weighted by Gasteiger charge is -2.06. The molecular weight excluding hydrogens is 203 g/mol. The second kappa shape index (κ2) is 5.83. The zero-order valence-electron chi connectivity index (χ0n) is 8.11. The van der Waals surface area contributed by atoms with Crippen LogP contribution in [0.15, 0.2) is 18.2 Å². The third-order valence-electron chi connectivity index (χ3n) is 1.85. The van der Waals surface area contributed by atoms with Gasteiger partial charge < -0.3 is 10.6 Å². The Morgan fingerprint density at radius 2 is 2.14 bits per heavy atom. The fourth-order valence-corrected chi connectivity index (χ4v) is 1.28. The van der Waals surface area contributed by atoms with E-state index in [2.05, 4.69) is 10.6 Å². The second-order valence-corrected chi connectivity index (χ2v) is 3.42. The predicted molar refractivity (Wildman–Crippen MR) is 58.4 cm³/mol. The molecule has 0 unspecified atom stereocenters. The van der Waals surface area contributed by atoms with E-state index in [0.717, 1.165) is 25.2 Å². The summed E-state index contributed by atoms with van der Waals surface area (Å²) < 4.78 is 12.8. The van der Waals surface area contributed by atoms with Crippen molar-refractivity contribution >= 4 is 17.3 Å². The number of hydrogen-bond acceptors (Lipinski definition) is 2. The summed E-state index contributed by atoms with van der Waals surface area (Å²) in [7, 11) is 1.91. The van der Waals surface area contributed by atoms with Crippen molar-refractivity contribution in [1.29, 1.82) is 0 Å². The molecule has 0 saturated carbocycles. The fraction of sp³-hybridized carbons (Fsp3) is 0.400. The molecule has 0 radical (unpaired) electrons. The van der Waals surface area contributed by atoms with E-state index < -0.39 is 0 Å². The van der Waals surface area contributed by atoms with Gasteiger partial charge in [0, 0.05) is 12.2 Å². The van der Waals surface area contributed by atoms with Crippen molar-refractivity contribution in [2.75, 3.05) is 25.5 Å². The van der Waals surface area contributed by atoms with Gasteiger partial charge in [-0.3, -0.25) is 0 Å². The minimum absolute atomic E-state index is 0.156. The van der Waals surface area contributed by atoms with Crippen LogP contribution in [0.2, 0.25) is 5.02 Å². The summed E-state index contributed by atoms with van der Waals surface area (Å²) in [5.41, 5.74) is 0.854. The van der Waals surface area contributed by atoms with Crippen LogP contribution in [0, 0.1) is 5.82 Å². The van der Waals surface area contributed by atoms with Gasteiger partial charge in [-0.05, 0) is 38.2 Å². The number of halogens is 2. The molecule has 1 aromatic carbocycles. The van der Waals surface area contributed by atoms with Gasteiger partial charge in [-0.2, -0.15) is 0 Å². The molecule has 4 heteroatoms. The number of nitrogens with one attached hydrogen (secondary N) is 2. The van der Waals surface area contributed by atoms with Crippen molar-refractivity contribution in [2.24, 2.45) is 0 Å². The highest BCUT2D eigenvalue weighted by Crippen LogP contribution is 2.18. The Morgan fingerprint density at radius 3 is 2.79 bits per heavy atom. The highest BCUT2D eigenvalue weighted by atomic mass is 35.5. The van der Waals surface area contributed by atoms with Crippen molar-refractivity contribution in [2.45, 2.75) is 6.42 Å². The van der Waals surface area contributed by atoms with Gasteiger partial charge in [0.2, 0.25) is 0 Å². The topological polar surface area (TPSA) is 24.1 Å². The summed E-state index contributed by atoms with van der Waals surface area (Å²) in [5.74, 6) is -0.382. The van der Waals surface area contributed by atoms with Gasteiger partial charge >= 0.3 is 0 Å². The maximum Gasteiger partial charge on any atom is 0.141 e. The van der Waals surface area contributed by atoms with E-state index in [1.54, 1.807) is 12.1 Å². The van der Waals surface area contributed by atoms with E-state index >= 15 is 0 Å². The van der Waals surface area contributed by atoms with Crippen molar-refractivity contribution in [3.05, 3.63) is 29.0 Å². The first-order valence-electron chi connectivity index (χ1n) is 4.57. The van der Waals surface area contributed by atoms with Crippen LogP contribution in [0.5, 0.6) is 0 Å². The van der Waals surface area contributed by atoms with E-state index in [0.29, 0.717) is 0 Å².